The lowest BCUT2D eigenvalue weighted by atomic mass is 10.0. The number of anilines is 2. The molecule has 3 aromatic rings. The number of rotatable bonds is 10. The van der Waals surface area contributed by atoms with Crippen molar-refractivity contribution in [1.29, 1.82) is 0 Å². The molecule has 200 valence electrons. The Balaban J connectivity index is 1.34. The average molecular weight is 517 g/mol. The summed E-state index contributed by atoms with van der Waals surface area (Å²) in [7, 11) is 0. The Hall–Kier alpha value is -3.53. The summed E-state index contributed by atoms with van der Waals surface area (Å²) in [5.74, 6) is 2.31. The van der Waals surface area contributed by atoms with E-state index in [1.165, 1.54) is 5.56 Å². The predicted octanol–water partition coefficient (Wildman–Crippen LogP) is 3.83. The Bertz CT molecular complexity index is 1240. The van der Waals surface area contributed by atoms with Gasteiger partial charge in [0.15, 0.2) is 12.4 Å². The molecule has 1 fully saturated rings. The minimum atomic E-state index is -0.118. The summed E-state index contributed by atoms with van der Waals surface area (Å²) in [5, 5.41) is 6.50. The van der Waals surface area contributed by atoms with Gasteiger partial charge in [0.05, 0.1) is 18.9 Å². The number of hydrogen-bond donors (Lipinski definition) is 4. The quantitative estimate of drug-likeness (QED) is 0.322. The Morgan fingerprint density at radius 2 is 1.89 bits per heavy atom. The van der Waals surface area contributed by atoms with Gasteiger partial charge in [-0.05, 0) is 42.7 Å². The van der Waals surface area contributed by atoms with E-state index in [-0.39, 0.29) is 18.6 Å². The number of nitrogens with zero attached hydrogens (tertiary/aromatic N) is 2. The van der Waals surface area contributed by atoms with E-state index < -0.39 is 0 Å². The molecule has 1 aromatic heterocycles. The molecule has 1 saturated heterocycles. The van der Waals surface area contributed by atoms with Gasteiger partial charge in [0, 0.05) is 48.3 Å². The summed E-state index contributed by atoms with van der Waals surface area (Å²) in [6.45, 7) is 7.07. The molecule has 0 bridgehead atoms. The molecule has 2 aliphatic heterocycles. The van der Waals surface area contributed by atoms with Crippen LogP contribution in [0.2, 0.25) is 0 Å². The van der Waals surface area contributed by atoms with Gasteiger partial charge in [0.25, 0.3) is 5.91 Å². The Kier molecular flexibility index (Phi) is 8.47. The summed E-state index contributed by atoms with van der Waals surface area (Å²) in [5.41, 5.74) is 11.4. The monoisotopic (exact) mass is 516 g/mol. The van der Waals surface area contributed by atoms with Crippen molar-refractivity contribution in [2.45, 2.75) is 51.7 Å². The fraction of sp³-hybridized carbons (Fsp3) is 0.414. The number of hydrogen-bond acceptors (Lipinski definition) is 8. The Morgan fingerprint density at radius 1 is 1.11 bits per heavy atom. The third-order valence-electron chi connectivity index (χ3n) is 7.10. The van der Waals surface area contributed by atoms with Crippen molar-refractivity contribution < 1.29 is 14.3 Å². The van der Waals surface area contributed by atoms with E-state index in [9.17, 15) is 4.79 Å². The Labute approximate surface area is 223 Å². The van der Waals surface area contributed by atoms with Crippen LogP contribution in [-0.4, -0.2) is 48.2 Å². The first-order chi connectivity index (χ1) is 18.6. The first-order valence-corrected chi connectivity index (χ1v) is 13.5. The van der Waals surface area contributed by atoms with Gasteiger partial charge in [-0.1, -0.05) is 38.1 Å². The molecule has 0 atom stereocenters. The standard InChI is InChI=1S/C29H36N6O3/c1-3-22(4-2)32-27(36)18-38-24-7-5-6-20(14-24)28-34-26-12-13-37-17-25(26)29(35-28)33-23-10-8-19(9-11-23)21-15-30-31-16-21/h5-11,14,21-22,30-31H,3-4,12-13,15-18H2,1-2H3,(H,32,36)(H,33,34,35). The zero-order valence-electron chi connectivity index (χ0n) is 22.0. The predicted molar refractivity (Wildman–Crippen MR) is 147 cm³/mol. The van der Waals surface area contributed by atoms with Crippen LogP contribution in [0.15, 0.2) is 48.5 Å². The molecular weight excluding hydrogens is 480 g/mol. The summed E-state index contributed by atoms with van der Waals surface area (Å²) in [4.78, 5) is 22.0. The first kappa shape index (κ1) is 26.1. The van der Waals surface area contributed by atoms with Crippen molar-refractivity contribution in [3.05, 3.63) is 65.4 Å². The zero-order valence-corrected chi connectivity index (χ0v) is 22.0. The van der Waals surface area contributed by atoms with E-state index in [1.807, 2.05) is 24.3 Å². The number of ether oxygens (including phenoxy) is 2. The second-order valence-corrected chi connectivity index (χ2v) is 9.73. The minimum Gasteiger partial charge on any atom is -0.484 e. The summed E-state index contributed by atoms with van der Waals surface area (Å²) >= 11 is 0. The van der Waals surface area contributed by atoms with Crippen LogP contribution in [-0.2, 0) is 22.6 Å². The average Bonchev–Trinajstić information content (AvgIpc) is 3.50. The Morgan fingerprint density at radius 3 is 2.66 bits per heavy atom. The SMILES string of the molecule is CCC(CC)NC(=O)COc1cccc(-c2nc3c(c(Nc4ccc(C5CNNC5)cc4)n2)COCC3)c1. The van der Waals surface area contributed by atoms with E-state index in [4.69, 9.17) is 19.4 Å². The largest absolute Gasteiger partial charge is 0.484 e. The number of nitrogens with one attached hydrogen (secondary N) is 4. The molecular formula is C29H36N6O3. The van der Waals surface area contributed by atoms with Gasteiger partial charge in [-0.3, -0.25) is 15.6 Å². The first-order valence-electron chi connectivity index (χ1n) is 13.5. The van der Waals surface area contributed by atoms with Gasteiger partial charge in [0.1, 0.15) is 11.6 Å². The number of carbonyl (C=O) groups is 1. The maximum Gasteiger partial charge on any atom is 0.258 e. The maximum absolute atomic E-state index is 12.3. The van der Waals surface area contributed by atoms with Gasteiger partial charge in [-0.15, -0.1) is 0 Å². The smallest absolute Gasteiger partial charge is 0.258 e. The van der Waals surface area contributed by atoms with Crippen molar-refractivity contribution in [3.63, 3.8) is 0 Å². The lowest BCUT2D eigenvalue weighted by Crippen LogP contribution is -2.37. The van der Waals surface area contributed by atoms with Crippen molar-refractivity contribution in [2.24, 2.45) is 0 Å². The van der Waals surface area contributed by atoms with Crippen molar-refractivity contribution in [2.75, 3.05) is 31.6 Å². The van der Waals surface area contributed by atoms with Crippen LogP contribution in [0.1, 0.15) is 49.4 Å². The topological polar surface area (TPSA) is 109 Å². The van der Waals surface area contributed by atoms with Gasteiger partial charge < -0.3 is 20.1 Å². The third kappa shape index (κ3) is 6.30. The number of benzene rings is 2. The molecule has 9 nitrogen and oxygen atoms in total. The summed E-state index contributed by atoms with van der Waals surface area (Å²) < 4.78 is 11.5. The highest BCUT2D eigenvalue weighted by atomic mass is 16.5. The number of fused-ring (bicyclic) bond motifs is 1. The van der Waals surface area contributed by atoms with E-state index in [1.54, 1.807) is 0 Å². The number of hydrazine groups is 1. The van der Waals surface area contributed by atoms with E-state index in [0.717, 1.165) is 60.7 Å². The molecule has 2 aliphatic rings. The van der Waals surface area contributed by atoms with Gasteiger partial charge in [-0.25, -0.2) is 9.97 Å². The molecule has 0 radical (unpaired) electrons. The highest BCUT2D eigenvalue weighted by Gasteiger charge is 2.20. The fourth-order valence-corrected chi connectivity index (χ4v) is 4.77. The van der Waals surface area contributed by atoms with Gasteiger partial charge in [-0.2, -0.15) is 0 Å². The lowest BCUT2D eigenvalue weighted by molar-refractivity contribution is -0.123. The van der Waals surface area contributed by atoms with Crippen LogP contribution < -0.4 is 26.2 Å². The zero-order chi connectivity index (χ0) is 26.3. The van der Waals surface area contributed by atoms with Crippen LogP contribution in [0.3, 0.4) is 0 Å². The van der Waals surface area contributed by atoms with Gasteiger partial charge in [0.2, 0.25) is 0 Å². The highest BCUT2D eigenvalue weighted by Crippen LogP contribution is 2.30. The summed E-state index contributed by atoms with van der Waals surface area (Å²) in [6, 6.07) is 16.3. The number of aromatic nitrogens is 2. The molecule has 0 aliphatic carbocycles. The number of carbonyl (C=O) groups excluding carboxylic acids is 1. The molecule has 5 rings (SSSR count). The molecule has 0 saturated carbocycles. The molecule has 9 heteroatoms. The normalized spacial score (nSPS) is 15.3. The lowest BCUT2D eigenvalue weighted by Gasteiger charge is -2.21. The minimum absolute atomic E-state index is 0.0296. The van der Waals surface area contributed by atoms with E-state index >= 15 is 0 Å². The van der Waals surface area contributed by atoms with Crippen LogP contribution in [0.25, 0.3) is 11.4 Å². The van der Waals surface area contributed by atoms with Crippen LogP contribution in [0, 0.1) is 0 Å². The molecule has 0 spiro atoms. The van der Waals surface area contributed by atoms with Crippen LogP contribution in [0.4, 0.5) is 11.5 Å². The number of amides is 1. The highest BCUT2D eigenvalue weighted by molar-refractivity contribution is 5.78. The van der Waals surface area contributed by atoms with Crippen molar-refractivity contribution in [1.82, 2.24) is 26.1 Å². The summed E-state index contributed by atoms with van der Waals surface area (Å²) in [6.07, 6.45) is 2.52. The molecule has 1 amide bonds. The van der Waals surface area contributed by atoms with Crippen molar-refractivity contribution >= 4 is 17.4 Å². The maximum atomic E-state index is 12.3. The second kappa shape index (κ2) is 12.3. The fourth-order valence-electron chi connectivity index (χ4n) is 4.77. The van der Waals surface area contributed by atoms with E-state index in [2.05, 4.69) is 59.6 Å². The molecule has 4 N–H and O–H groups in total. The van der Waals surface area contributed by atoms with Crippen LogP contribution in [0.5, 0.6) is 5.75 Å². The molecule has 2 aromatic carbocycles. The van der Waals surface area contributed by atoms with Crippen molar-refractivity contribution in [3.8, 4) is 17.1 Å². The molecule has 0 unspecified atom stereocenters. The molecule has 38 heavy (non-hydrogen) atoms. The molecule has 3 heterocycles. The third-order valence-corrected chi connectivity index (χ3v) is 7.10. The second-order valence-electron chi connectivity index (χ2n) is 9.73. The van der Waals surface area contributed by atoms with E-state index in [0.29, 0.717) is 30.7 Å². The van der Waals surface area contributed by atoms with Crippen LogP contribution >= 0.6 is 0 Å². The van der Waals surface area contributed by atoms with Gasteiger partial charge >= 0.3 is 0 Å².